The zero-order valence-electron chi connectivity index (χ0n) is 8.59. The number of nitrogens with one attached hydrogen (secondary N) is 1. The molecule has 0 amide bonds. The summed E-state index contributed by atoms with van der Waals surface area (Å²) < 4.78 is 5.57. The highest BCUT2D eigenvalue weighted by atomic mass is 16.5. The molecule has 0 aromatic carbocycles. The highest BCUT2D eigenvalue weighted by Crippen LogP contribution is 2.29. The molecule has 2 rings (SSSR count). The molecular weight excluding hydrogens is 162 g/mol. The van der Waals surface area contributed by atoms with E-state index in [1.54, 1.807) is 0 Å². The van der Waals surface area contributed by atoms with E-state index < -0.39 is 0 Å². The molecule has 1 heterocycles. The lowest BCUT2D eigenvalue weighted by atomic mass is 9.80. The lowest BCUT2D eigenvalue weighted by Crippen LogP contribution is -2.40. The third kappa shape index (κ3) is 2.44. The van der Waals surface area contributed by atoms with Crippen LogP contribution in [0.1, 0.15) is 39.0 Å². The van der Waals surface area contributed by atoms with Crippen LogP contribution < -0.4 is 5.32 Å². The highest BCUT2D eigenvalue weighted by molar-refractivity contribution is 4.80. The summed E-state index contributed by atoms with van der Waals surface area (Å²) in [6.07, 6.45) is 7.31. The zero-order valence-corrected chi connectivity index (χ0v) is 8.59. The Kier molecular flexibility index (Phi) is 3.23. The first-order valence-electron chi connectivity index (χ1n) is 5.71. The summed E-state index contributed by atoms with van der Waals surface area (Å²) in [5.74, 6) is 0.946. The number of ether oxygens (including phenoxy) is 1. The summed E-state index contributed by atoms with van der Waals surface area (Å²) in [6.45, 7) is 4.36. The molecule has 1 saturated heterocycles. The van der Waals surface area contributed by atoms with Gasteiger partial charge in [0.2, 0.25) is 0 Å². The molecule has 2 atom stereocenters. The molecule has 2 unspecified atom stereocenters. The second-order valence-corrected chi connectivity index (χ2v) is 4.52. The topological polar surface area (TPSA) is 21.3 Å². The number of hydrogen-bond acceptors (Lipinski definition) is 2. The lowest BCUT2D eigenvalue weighted by Gasteiger charge is -2.32. The quantitative estimate of drug-likeness (QED) is 0.719. The molecule has 0 aromatic rings. The molecule has 76 valence electrons. The van der Waals surface area contributed by atoms with Crippen molar-refractivity contribution >= 4 is 0 Å². The van der Waals surface area contributed by atoms with Crippen LogP contribution in [-0.2, 0) is 4.74 Å². The Bertz CT molecular complexity index is 150. The van der Waals surface area contributed by atoms with Gasteiger partial charge in [0.25, 0.3) is 0 Å². The molecule has 1 saturated carbocycles. The molecule has 0 aromatic heterocycles. The third-order valence-electron chi connectivity index (χ3n) is 3.55. The number of hydrogen-bond donors (Lipinski definition) is 1. The fourth-order valence-electron chi connectivity index (χ4n) is 2.23. The maximum Gasteiger partial charge on any atom is 0.0700 e. The Labute approximate surface area is 81.0 Å². The van der Waals surface area contributed by atoms with E-state index in [0.29, 0.717) is 12.1 Å². The normalized spacial score (nSPS) is 31.6. The molecule has 1 aliphatic heterocycles. The van der Waals surface area contributed by atoms with Crippen molar-refractivity contribution in [2.45, 2.75) is 51.2 Å². The Morgan fingerprint density at radius 2 is 2.15 bits per heavy atom. The molecule has 0 spiro atoms. The fourth-order valence-corrected chi connectivity index (χ4v) is 2.23. The van der Waals surface area contributed by atoms with E-state index in [0.717, 1.165) is 19.1 Å². The monoisotopic (exact) mass is 183 g/mol. The summed E-state index contributed by atoms with van der Waals surface area (Å²) >= 11 is 0. The first-order valence-corrected chi connectivity index (χ1v) is 5.71. The fraction of sp³-hybridized carbons (Fsp3) is 1.00. The van der Waals surface area contributed by atoms with Crippen molar-refractivity contribution in [2.24, 2.45) is 5.92 Å². The Morgan fingerprint density at radius 3 is 2.69 bits per heavy atom. The minimum atomic E-state index is 0.502. The van der Waals surface area contributed by atoms with Gasteiger partial charge in [-0.25, -0.2) is 0 Å². The summed E-state index contributed by atoms with van der Waals surface area (Å²) in [4.78, 5) is 0. The van der Waals surface area contributed by atoms with Gasteiger partial charge < -0.3 is 10.1 Å². The third-order valence-corrected chi connectivity index (χ3v) is 3.55. The molecule has 2 nitrogen and oxygen atoms in total. The molecule has 2 heteroatoms. The second-order valence-electron chi connectivity index (χ2n) is 4.52. The van der Waals surface area contributed by atoms with E-state index in [4.69, 9.17) is 4.74 Å². The van der Waals surface area contributed by atoms with Crippen molar-refractivity contribution in [3.05, 3.63) is 0 Å². The van der Waals surface area contributed by atoms with Gasteiger partial charge >= 0.3 is 0 Å². The molecule has 0 bridgehead atoms. The Balaban J connectivity index is 1.60. The molecular formula is C11H21NO. The van der Waals surface area contributed by atoms with Gasteiger partial charge in [0.15, 0.2) is 0 Å². The van der Waals surface area contributed by atoms with Crippen LogP contribution >= 0.6 is 0 Å². The van der Waals surface area contributed by atoms with Crippen LogP contribution in [0.5, 0.6) is 0 Å². The molecule has 0 radical (unpaired) electrons. The van der Waals surface area contributed by atoms with Gasteiger partial charge in [-0.05, 0) is 38.5 Å². The molecule has 2 fully saturated rings. The standard InChI is InChI=1S/C11H21NO/c1-9(10-4-2-5-10)12-8-11-6-3-7-13-11/h9-12H,2-8H2,1H3. The van der Waals surface area contributed by atoms with Crippen molar-refractivity contribution in [1.29, 1.82) is 0 Å². The van der Waals surface area contributed by atoms with Crippen LogP contribution in [0.4, 0.5) is 0 Å². The van der Waals surface area contributed by atoms with Gasteiger partial charge in [0, 0.05) is 19.2 Å². The first kappa shape index (κ1) is 9.47. The van der Waals surface area contributed by atoms with Crippen LogP contribution in [0.25, 0.3) is 0 Å². The van der Waals surface area contributed by atoms with E-state index in [2.05, 4.69) is 12.2 Å². The molecule has 1 aliphatic carbocycles. The summed E-state index contributed by atoms with van der Waals surface area (Å²) in [5.41, 5.74) is 0. The maximum atomic E-state index is 5.57. The predicted octanol–water partition coefficient (Wildman–Crippen LogP) is 1.94. The minimum absolute atomic E-state index is 0.502. The van der Waals surface area contributed by atoms with E-state index in [-0.39, 0.29) is 0 Å². The van der Waals surface area contributed by atoms with Crippen LogP contribution in [0.3, 0.4) is 0 Å². The minimum Gasteiger partial charge on any atom is -0.377 e. The Hall–Kier alpha value is -0.0800. The lowest BCUT2D eigenvalue weighted by molar-refractivity contribution is 0.102. The van der Waals surface area contributed by atoms with Crippen molar-refractivity contribution in [3.63, 3.8) is 0 Å². The molecule has 2 aliphatic rings. The SMILES string of the molecule is CC(NCC1CCCO1)C1CCC1. The average molecular weight is 183 g/mol. The van der Waals surface area contributed by atoms with Crippen LogP contribution in [-0.4, -0.2) is 25.3 Å². The van der Waals surface area contributed by atoms with Gasteiger partial charge in [-0.2, -0.15) is 0 Å². The van der Waals surface area contributed by atoms with Gasteiger partial charge in [0.1, 0.15) is 0 Å². The van der Waals surface area contributed by atoms with Gasteiger partial charge in [-0.3, -0.25) is 0 Å². The van der Waals surface area contributed by atoms with Crippen molar-refractivity contribution in [3.8, 4) is 0 Å². The first-order chi connectivity index (χ1) is 6.36. The van der Waals surface area contributed by atoms with Crippen molar-refractivity contribution < 1.29 is 4.74 Å². The highest BCUT2D eigenvalue weighted by Gasteiger charge is 2.24. The molecule has 13 heavy (non-hydrogen) atoms. The summed E-state index contributed by atoms with van der Waals surface area (Å²) in [7, 11) is 0. The van der Waals surface area contributed by atoms with Gasteiger partial charge in [-0.1, -0.05) is 6.42 Å². The van der Waals surface area contributed by atoms with Crippen LogP contribution in [0.15, 0.2) is 0 Å². The largest absolute Gasteiger partial charge is 0.377 e. The van der Waals surface area contributed by atoms with Gasteiger partial charge in [-0.15, -0.1) is 0 Å². The van der Waals surface area contributed by atoms with Crippen molar-refractivity contribution in [1.82, 2.24) is 5.32 Å². The summed E-state index contributed by atoms with van der Waals surface area (Å²) in [6, 6.07) is 0.706. The van der Waals surface area contributed by atoms with Crippen molar-refractivity contribution in [2.75, 3.05) is 13.2 Å². The second kappa shape index (κ2) is 4.43. The Morgan fingerprint density at radius 1 is 1.31 bits per heavy atom. The number of rotatable bonds is 4. The smallest absolute Gasteiger partial charge is 0.0700 e. The van der Waals surface area contributed by atoms with Crippen LogP contribution in [0.2, 0.25) is 0 Å². The van der Waals surface area contributed by atoms with E-state index >= 15 is 0 Å². The summed E-state index contributed by atoms with van der Waals surface area (Å²) in [5, 5.41) is 3.60. The van der Waals surface area contributed by atoms with E-state index in [1.165, 1.54) is 32.1 Å². The van der Waals surface area contributed by atoms with Gasteiger partial charge in [0.05, 0.1) is 6.10 Å². The zero-order chi connectivity index (χ0) is 9.10. The maximum absolute atomic E-state index is 5.57. The predicted molar refractivity (Wildman–Crippen MR) is 53.8 cm³/mol. The average Bonchev–Trinajstić information content (AvgIpc) is 2.49. The van der Waals surface area contributed by atoms with E-state index in [1.807, 2.05) is 0 Å². The van der Waals surface area contributed by atoms with Crippen LogP contribution in [0, 0.1) is 5.92 Å². The van der Waals surface area contributed by atoms with E-state index in [9.17, 15) is 0 Å². The molecule has 1 N–H and O–H groups in total.